The first-order valence-electron chi connectivity index (χ1n) is 10.6. The Morgan fingerprint density at radius 2 is 1.77 bits per heavy atom. The highest BCUT2D eigenvalue weighted by Crippen LogP contribution is 2.12. The quantitative estimate of drug-likeness (QED) is 0.409. The maximum Gasteiger partial charge on any atom is 0.291 e. The molecule has 0 radical (unpaired) electrons. The lowest BCUT2D eigenvalue weighted by molar-refractivity contribution is 0.0996. The summed E-state index contributed by atoms with van der Waals surface area (Å²) in [5, 5.41) is 9.52. The first-order chi connectivity index (χ1) is 14.4. The van der Waals surface area contributed by atoms with Gasteiger partial charge in [0, 0.05) is 37.4 Å². The number of carbonyl (C=O) groups excluding carboxylic acids is 1. The van der Waals surface area contributed by atoms with Crippen LogP contribution in [0.4, 0.5) is 5.69 Å². The van der Waals surface area contributed by atoms with Gasteiger partial charge in [-0.25, -0.2) is 4.99 Å². The van der Waals surface area contributed by atoms with Crippen molar-refractivity contribution in [2.45, 2.75) is 53.2 Å². The van der Waals surface area contributed by atoms with Crippen LogP contribution in [0.1, 0.15) is 50.7 Å². The zero-order valence-electron chi connectivity index (χ0n) is 18.7. The van der Waals surface area contributed by atoms with E-state index < -0.39 is 0 Å². The molecule has 0 unspecified atom stereocenters. The molecule has 0 aliphatic heterocycles. The molecule has 1 amide bonds. The highest BCUT2D eigenvalue weighted by atomic mass is 16.3. The molecule has 0 bridgehead atoms. The van der Waals surface area contributed by atoms with Crippen molar-refractivity contribution in [1.82, 2.24) is 15.5 Å². The number of amides is 1. The molecule has 0 spiro atoms. The molecule has 0 aliphatic rings. The van der Waals surface area contributed by atoms with Crippen molar-refractivity contribution in [1.29, 1.82) is 0 Å². The van der Waals surface area contributed by atoms with E-state index in [1.54, 1.807) is 12.1 Å². The van der Waals surface area contributed by atoms with E-state index in [2.05, 4.69) is 60.5 Å². The summed E-state index contributed by atoms with van der Waals surface area (Å²) in [4.78, 5) is 19.2. The van der Waals surface area contributed by atoms with Gasteiger partial charge < -0.3 is 20.4 Å². The number of rotatable bonds is 10. The standard InChI is InChI=1S/C23H35N5O2/c1-6-24-23(25-13-14-28(17(2)3)18(4)5)26-16-19-9-11-20(12-10-19)27-22(29)21-8-7-15-30-21/h7-12,15,17-18H,6,13-14,16H2,1-5H3,(H,27,29)(H2,24,25,26). The van der Waals surface area contributed by atoms with Crippen LogP contribution in [-0.4, -0.2) is 48.5 Å². The van der Waals surface area contributed by atoms with Gasteiger partial charge in [-0.05, 0) is 64.4 Å². The van der Waals surface area contributed by atoms with Gasteiger partial charge in [0.25, 0.3) is 5.91 Å². The predicted octanol–water partition coefficient (Wildman–Crippen LogP) is 3.71. The van der Waals surface area contributed by atoms with Crippen molar-refractivity contribution in [3.8, 4) is 0 Å². The summed E-state index contributed by atoms with van der Waals surface area (Å²) in [6.07, 6.45) is 1.48. The highest BCUT2D eigenvalue weighted by Gasteiger charge is 2.12. The molecule has 2 rings (SSSR count). The largest absolute Gasteiger partial charge is 0.459 e. The molecule has 0 saturated heterocycles. The van der Waals surface area contributed by atoms with E-state index in [1.165, 1.54) is 6.26 Å². The summed E-state index contributed by atoms with van der Waals surface area (Å²) in [6, 6.07) is 12.0. The molecular weight excluding hydrogens is 378 g/mol. The van der Waals surface area contributed by atoms with Gasteiger partial charge in [0.15, 0.2) is 11.7 Å². The molecule has 2 aromatic rings. The van der Waals surface area contributed by atoms with Crippen molar-refractivity contribution in [2.24, 2.45) is 4.99 Å². The third kappa shape index (κ3) is 7.55. The van der Waals surface area contributed by atoms with Gasteiger partial charge in [-0.1, -0.05) is 12.1 Å². The van der Waals surface area contributed by atoms with Gasteiger partial charge in [-0.3, -0.25) is 9.69 Å². The number of anilines is 1. The fourth-order valence-electron chi connectivity index (χ4n) is 3.22. The average Bonchev–Trinajstić information content (AvgIpc) is 3.24. The fourth-order valence-corrected chi connectivity index (χ4v) is 3.22. The second kappa shape index (κ2) is 12.0. The van der Waals surface area contributed by atoms with Crippen molar-refractivity contribution in [3.63, 3.8) is 0 Å². The van der Waals surface area contributed by atoms with E-state index in [4.69, 9.17) is 4.42 Å². The van der Waals surface area contributed by atoms with Crippen molar-refractivity contribution in [2.75, 3.05) is 25.0 Å². The lowest BCUT2D eigenvalue weighted by atomic mass is 10.2. The van der Waals surface area contributed by atoms with E-state index in [9.17, 15) is 4.79 Å². The van der Waals surface area contributed by atoms with Crippen LogP contribution in [0.2, 0.25) is 0 Å². The molecule has 164 valence electrons. The second-order valence-corrected chi connectivity index (χ2v) is 7.68. The van der Waals surface area contributed by atoms with Crippen LogP contribution in [0.25, 0.3) is 0 Å². The van der Waals surface area contributed by atoms with Crippen LogP contribution < -0.4 is 16.0 Å². The van der Waals surface area contributed by atoms with Gasteiger partial charge in [0.1, 0.15) is 0 Å². The Morgan fingerprint density at radius 1 is 1.07 bits per heavy atom. The van der Waals surface area contributed by atoms with Gasteiger partial charge in [0.2, 0.25) is 0 Å². The number of hydrogen-bond acceptors (Lipinski definition) is 4. The molecule has 7 heteroatoms. The Hall–Kier alpha value is -2.80. The third-order valence-electron chi connectivity index (χ3n) is 4.71. The summed E-state index contributed by atoms with van der Waals surface area (Å²) in [5.41, 5.74) is 1.78. The molecule has 7 nitrogen and oxygen atoms in total. The van der Waals surface area contributed by atoms with Gasteiger partial charge in [-0.15, -0.1) is 0 Å². The van der Waals surface area contributed by atoms with Gasteiger partial charge >= 0.3 is 0 Å². The van der Waals surface area contributed by atoms with E-state index in [1.807, 2.05) is 24.3 Å². The lowest BCUT2D eigenvalue weighted by Gasteiger charge is -2.30. The minimum absolute atomic E-state index is 0.263. The van der Waals surface area contributed by atoms with Crippen molar-refractivity contribution < 1.29 is 9.21 Å². The number of benzene rings is 1. The van der Waals surface area contributed by atoms with Crippen molar-refractivity contribution in [3.05, 3.63) is 54.0 Å². The molecule has 1 heterocycles. The third-order valence-corrected chi connectivity index (χ3v) is 4.71. The van der Waals surface area contributed by atoms with E-state index >= 15 is 0 Å². The number of guanidine groups is 1. The molecule has 30 heavy (non-hydrogen) atoms. The van der Waals surface area contributed by atoms with Crippen LogP contribution >= 0.6 is 0 Å². The van der Waals surface area contributed by atoms with Crippen LogP contribution in [0.5, 0.6) is 0 Å². The average molecular weight is 414 g/mol. The highest BCUT2D eigenvalue weighted by molar-refractivity contribution is 6.02. The Balaban J connectivity index is 1.88. The van der Waals surface area contributed by atoms with E-state index in [0.717, 1.165) is 36.8 Å². The van der Waals surface area contributed by atoms with E-state index in [0.29, 0.717) is 24.4 Å². The van der Waals surface area contributed by atoms with Crippen LogP contribution in [-0.2, 0) is 6.54 Å². The summed E-state index contributed by atoms with van der Waals surface area (Å²) >= 11 is 0. The maximum absolute atomic E-state index is 12.0. The van der Waals surface area contributed by atoms with Gasteiger partial charge in [0.05, 0.1) is 12.8 Å². The Kier molecular flexibility index (Phi) is 9.41. The summed E-state index contributed by atoms with van der Waals surface area (Å²) < 4.78 is 5.11. The minimum Gasteiger partial charge on any atom is -0.459 e. The number of hydrogen-bond donors (Lipinski definition) is 3. The first kappa shape index (κ1) is 23.5. The number of aliphatic imine (C=N–C) groups is 1. The smallest absolute Gasteiger partial charge is 0.291 e. The first-order valence-corrected chi connectivity index (χ1v) is 10.6. The Morgan fingerprint density at radius 3 is 2.33 bits per heavy atom. The SMILES string of the molecule is CCNC(=NCc1ccc(NC(=O)c2ccco2)cc1)NCCN(C(C)C)C(C)C. The Bertz CT molecular complexity index is 774. The minimum atomic E-state index is -0.263. The van der Waals surface area contributed by atoms with Crippen LogP contribution in [0, 0.1) is 0 Å². The number of carbonyl (C=O) groups is 1. The lowest BCUT2D eigenvalue weighted by Crippen LogP contribution is -2.45. The normalized spacial score (nSPS) is 11.9. The molecule has 1 aromatic carbocycles. The molecule has 0 atom stereocenters. The molecule has 0 saturated carbocycles. The maximum atomic E-state index is 12.0. The molecule has 0 aliphatic carbocycles. The van der Waals surface area contributed by atoms with E-state index in [-0.39, 0.29) is 5.91 Å². The Labute approximate surface area is 179 Å². The summed E-state index contributed by atoms with van der Waals surface area (Å²) in [5.74, 6) is 0.833. The predicted molar refractivity (Wildman–Crippen MR) is 123 cm³/mol. The van der Waals surface area contributed by atoms with Gasteiger partial charge in [-0.2, -0.15) is 0 Å². The topological polar surface area (TPSA) is 81.9 Å². The second-order valence-electron chi connectivity index (χ2n) is 7.68. The number of nitrogens with one attached hydrogen (secondary N) is 3. The molecule has 3 N–H and O–H groups in total. The number of nitrogens with zero attached hydrogens (tertiary/aromatic N) is 2. The molecule has 1 aromatic heterocycles. The molecular formula is C23H35N5O2. The number of furan rings is 1. The monoisotopic (exact) mass is 413 g/mol. The summed E-state index contributed by atoms with van der Waals surface area (Å²) in [6.45, 7) is 14.1. The van der Waals surface area contributed by atoms with Crippen LogP contribution in [0.15, 0.2) is 52.1 Å². The summed E-state index contributed by atoms with van der Waals surface area (Å²) in [7, 11) is 0. The zero-order chi connectivity index (χ0) is 21.9. The molecule has 0 fully saturated rings. The zero-order valence-corrected chi connectivity index (χ0v) is 18.7. The fraction of sp³-hybridized carbons (Fsp3) is 0.478. The van der Waals surface area contributed by atoms with Crippen molar-refractivity contribution >= 4 is 17.6 Å². The van der Waals surface area contributed by atoms with Crippen LogP contribution in [0.3, 0.4) is 0 Å².